The molecule has 1 fully saturated rings. The van der Waals surface area contributed by atoms with Gasteiger partial charge in [0, 0.05) is 30.4 Å². The molecule has 4 rings (SSSR count). The molecule has 0 saturated carbocycles. The summed E-state index contributed by atoms with van der Waals surface area (Å²) in [5.74, 6) is -0.467. The van der Waals surface area contributed by atoms with Crippen LogP contribution in [-0.4, -0.2) is 37.2 Å². The molecule has 2 heterocycles. The molecule has 1 amide bonds. The summed E-state index contributed by atoms with van der Waals surface area (Å²) < 4.78 is 44.9. The van der Waals surface area contributed by atoms with E-state index in [1.807, 2.05) is 11.0 Å². The maximum Gasteiger partial charge on any atom is 0.416 e. The van der Waals surface area contributed by atoms with Crippen LogP contribution in [-0.2, 0) is 10.9 Å². The average Bonchev–Trinajstić information content (AvgIpc) is 3.15. The molecule has 1 aliphatic rings. The van der Waals surface area contributed by atoms with E-state index in [0.29, 0.717) is 37.6 Å². The number of hydrogen-bond acceptors (Lipinski definition) is 3. The van der Waals surface area contributed by atoms with E-state index in [0.717, 1.165) is 23.0 Å². The van der Waals surface area contributed by atoms with Crippen molar-refractivity contribution in [1.82, 2.24) is 4.98 Å². The fraction of sp³-hybridized carbons (Fsp3) is 0.250. The summed E-state index contributed by atoms with van der Waals surface area (Å²) in [6.45, 7) is 2.06. The van der Waals surface area contributed by atoms with Gasteiger partial charge in [0.05, 0.1) is 30.2 Å². The van der Waals surface area contributed by atoms with E-state index in [1.54, 1.807) is 24.4 Å². The number of anilines is 2. The SMILES string of the molecule is O=C(Nc1cc(C(F)(F)F)ccc1N1CCOCC1)c1ccc2cc[nH]c2c1. The molecule has 146 valence electrons. The second-order valence-electron chi connectivity index (χ2n) is 6.56. The molecule has 3 aromatic rings. The van der Waals surface area contributed by atoms with E-state index in [4.69, 9.17) is 4.74 Å². The summed E-state index contributed by atoms with van der Waals surface area (Å²) in [5, 5.41) is 3.61. The molecular weight excluding hydrogens is 371 g/mol. The van der Waals surface area contributed by atoms with Crippen molar-refractivity contribution in [2.75, 3.05) is 36.5 Å². The Morgan fingerprint density at radius 3 is 2.61 bits per heavy atom. The fourth-order valence-electron chi connectivity index (χ4n) is 3.28. The molecular formula is C20H18F3N3O2. The summed E-state index contributed by atoms with van der Waals surface area (Å²) in [5.41, 5.74) is 1.02. The lowest BCUT2D eigenvalue weighted by Crippen LogP contribution is -2.36. The Balaban J connectivity index is 1.67. The summed E-state index contributed by atoms with van der Waals surface area (Å²) in [7, 11) is 0. The summed E-state index contributed by atoms with van der Waals surface area (Å²) in [6, 6.07) is 10.4. The number of hydrogen-bond donors (Lipinski definition) is 2. The van der Waals surface area contributed by atoms with Crippen LogP contribution in [0, 0.1) is 0 Å². The first kappa shape index (κ1) is 18.4. The van der Waals surface area contributed by atoms with Gasteiger partial charge >= 0.3 is 6.18 Å². The number of rotatable bonds is 3. The van der Waals surface area contributed by atoms with E-state index in [-0.39, 0.29) is 5.69 Å². The Morgan fingerprint density at radius 2 is 1.86 bits per heavy atom. The third kappa shape index (κ3) is 3.68. The van der Waals surface area contributed by atoms with Gasteiger partial charge in [0.25, 0.3) is 5.91 Å². The Morgan fingerprint density at radius 1 is 1.07 bits per heavy atom. The smallest absolute Gasteiger partial charge is 0.378 e. The van der Waals surface area contributed by atoms with Gasteiger partial charge in [-0.25, -0.2) is 0 Å². The predicted octanol–water partition coefficient (Wildman–Crippen LogP) is 4.28. The second-order valence-corrected chi connectivity index (χ2v) is 6.56. The topological polar surface area (TPSA) is 57.4 Å². The molecule has 28 heavy (non-hydrogen) atoms. The highest BCUT2D eigenvalue weighted by atomic mass is 19.4. The summed E-state index contributed by atoms with van der Waals surface area (Å²) in [6.07, 6.45) is -2.73. The molecule has 1 aliphatic heterocycles. The number of nitrogens with one attached hydrogen (secondary N) is 2. The first-order valence-corrected chi connectivity index (χ1v) is 8.84. The highest BCUT2D eigenvalue weighted by Gasteiger charge is 2.32. The zero-order valence-electron chi connectivity index (χ0n) is 14.8. The molecule has 5 nitrogen and oxygen atoms in total. The number of aromatic amines is 1. The van der Waals surface area contributed by atoms with Crippen molar-refractivity contribution in [3.63, 3.8) is 0 Å². The first-order chi connectivity index (χ1) is 13.4. The number of alkyl halides is 3. The Bertz CT molecular complexity index is 1010. The van der Waals surface area contributed by atoms with Gasteiger partial charge in [-0.2, -0.15) is 13.2 Å². The number of benzene rings is 2. The maximum absolute atomic E-state index is 13.2. The standard InChI is InChI=1S/C20H18F3N3O2/c21-20(22,23)15-3-4-18(26-7-9-28-10-8-26)17(12-15)25-19(27)14-2-1-13-5-6-24-16(13)11-14/h1-6,11-12,24H,7-10H2,(H,25,27). The van der Waals surface area contributed by atoms with Crippen molar-refractivity contribution in [2.24, 2.45) is 0 Å². The van der Waals surface area contributed by atoms with Gasteiger partial charge in [-0.05, 0) is 41.8 Å². The first-order valence-electron chi connectivity index (χ1n) is 8.84. The molecule has 8 heteroatoms. The molecule has 2 N–H and O–H groups in total. The number of halogens is 3. The Hall–Kier alpha value is -3.00. The molecule has 0 unspecified atom stereocenters. The number of morpholine rings is 1. The van der Waals surface area contributed by atoms with Gasteiger partial charge in [-0.3, -0.25) is 4.79 Å². The zero-order chi connectivity index (χ0) is 19.7. The number of nitrogens with zero attached hydrogens (tertiary/aromatic N) is 1. The fourth-order valence-corrected chi connectivity index (χ4v) is 3.28. The largest absolute Gasteiger partial charge is 0.416 e. The Kier molecular flexibility index (Phi) is 4.72. The van der Waals surface area contributed by atoms with Crippen molar-refractivity contribution in [3.05, 3.63) is 59.8 Å². The van der Waals surface area contributed by atoms with Crippen molar-refractivity contribution in [3.8, 4) is 0 Å². The lowest BCUT2D eigenvalue weighted by atomic mass is 10.1. The predicted molar refractivity (Wildman–Crippen MR) is 101 cm³/mol. The lowest BCUT2D eigenvalue weighted by Gasteiger charge is -2.31. The third-order valence-electron chi connectivity index (χ3n) is 4.74. The van der Waals surface area contributed by atoms with Crippen LogP contribution in [0.5, 0.6) is 0 Å². The quantitative estimate of drug-likeness (QED) is 0.703. The Labute approximate surface area is 159 Å². The minimum absolute atomic E-state index is 0.133. The van der Waals surface area contributed by atoms with Gasteiger partial charge in [0.15, 0.2) is 0 Å². The van der Waals surface area contributed by atoms with Gasteiger partial charge in [0.1, 0.15) is 0 Å². The van der Waals surface area contributed by atoms with Crippen molar-refractivity contribution in [2.45, 2.75) is 6.18 Å². The molecule has 1 aromatic heterocycles. The van der Waals surface area contributed by atoms with Crippen LogP contribution in [0.1, 0.15) is 15.9 Å². The van der Waals surface area contributed by atoms with Gasteiger partial charge in [-0.15, -0.1) is 0 Å². The van der Waals surface area contributed by atoms with E-state index in [9.17, 15) is 18.0 Å². The van der Waals surface area contributed by atoms with Crippen molar-refractivity contribution in [1.29, 1.82) is 0 Å². The van der Waals surface area contributed by atoms with Crippen LogP contribution in [0.2, 0.25) is 0 Å². The summed E-state index contributed by atoms with van der Waals surface area (Å²) >= 11 is 0. The monoisotopic (exact) mass is 389 g/mol. The van der Waals surface area contributed by atoms with E-state index >= 15 is 0 Å². The van der Waals surface area contributed by atoms with Crippen molar-refractivity contribution < 1.29 is 22.7 Å². The number of aromatic nitrogens is 1. The molecule has 0 bridgehead atoms. The van der Waals surface area contributed by atoms with Crippen LogP contribution < -0.4 is 10.2 Å². The van der Waals surface area contributed by atoms with Crippen LogP contribution in [0.15, 0.2) is 48.7 Å². The maximum atomic E-state index is 13.2. The number of fused-ring (bicyclic) bond motifs is 1. The van der Waals surface area contributed by atoms with E-state index in [2.05, 4.69) is 10.3 Å². The molecule has 0 aliphatic carbocycles. The lowest BCUT2D eigenvalue weighted by molar-refractivity contribution is -0.137. The average molecular weight is 389 g/mol. The number of carbonyl (C=O) groups is 1. The molecule has 1 saturated heterocycles. The number of H-pyrrole nitrogens is 1. The van der Waals surface area contributed by atoms with Crippen LogP contribution >= 0.6 is 0 Å². The molecule has 0 atom stereocenters. The minimum atomic E-state index is -4.49. The molecule has 0 radical (unpaired) electrons. The number of amides is 1. The van der Waals surface area contributed by atoms with Gasteiger partial charge in [-0.1, -0.05) is 6.07 Å². The number of carbonyl (C=O) groups excluding carboxylic acids is 1. The highest BCUT2D eigenvalue weighted by molar-refractivity contribution is 6.07. The van der Waals surface area contributed by atoms with Crippen molar-refractivity contribution >= 4 is 28.2 Å². The van der Waals surface area contributed by atoms with Gasteiger partial charge < -0.3 is 19.9 Å². The van der Waals surface area contributed by atoms with Crippen LogP contribution in [0.4, 0.5) is 24.5 Å². The van der Waals surface area contributed by atoms with E-state index < -0.39 is 17.6 Å². The normalized spacial score (nSPS) is 15.0. The third-order valence-corrected chi connectivity index (χ3v) is 4.74. The second kappa shape index (κ2) is 7.20. The van der Waals surface area contributed by atoms with Gasteiger partial charge in [0.2, 0.25) is 0 Å². The summed E-state index contributed by atoms with van der Waals surface area (Å²) in [4.78, 5) is 17.7. The highest BCUT2D eigenvalue weighted by Crippen LogP contribution is 2.36. The molecule has 0 spiro atoms. The minimum Gasteiger partial charge on any atom is -0.378 e. The van der Waals surface area contributed by atoms with Crippen LogP contribution in [0.25, 0.3) is 10.9 Å². The number of ether oxygens (including phenoxy) is 1. The zero-order valence-corrected chi connectivity index (χ0v) is 14.8. The van der Waals surface area contributed by atoms with Crippen LogP contribution in [0.3, 0.4) is 0 Å². The van der Waals surface area contributed by atoms with E-state index in [1.165, 1.54) is 6.07 Å². The molecule has 2 aromatic carbocycles.